The third-order valence-corrected chi connectivity index (χ3v) is 4.25. The second-order valence-corrected chi connectivity index (χ2v) is 7.60. The van der Waals surface area contributed by atoms with Crippen LogP contribution >= 0.6 is 0 Å². The van der Waals surface area contributed by atoms with Crippen LogP contribution in [-0.2, 0) is 9.53 Å². The zero-order chi connectivity index (χ0) is 19.5. The van der Waals surface area contributed by atoms with E-state index in [-0.39, 0.29) is 23.6 Å². The Labute approximate surface area is 153 Å². The molecule has 1 aliphatic rings. The van der Waals surface area contributed by atoms with Gasteiger partial charge in [-0.15, -0.1) is 0 Å². The minimum atomic E-state index is -0.689. The van der Waals surface area contributed by atoms with E-state index < -0.39 is 17.8 Å². The highest BCUT2D eigenvalue weighted by Gasteiger charge is 2.38. The molecule has 0 saturated heterocycles. The van der Waals surface area contributed by atoms with Crippen LogP contribution in [0.25, 0.3) is 0 Å². The first-order valence-electron chi connectivity index (χ1n) is 8.72. The van der Waals surface area contributed by atoms with Gasteiger partial charge in [0.05, 0.1) is 0 Å². The molecule has 0 aromatic heterocycles. The van der Waals surface area contributed by atoms with Crippen LogP contribution < -0.4 is 15.8 Å². The summed E-state index contributed by atoms with van der Waals surface area (Å²) in [5.74, 6) is -0.139. The van der Waals surface area contributed by atoms with Crippen molar-refractivity contribution in [1.29, 1.82) is 5.41 Å². The Kier molecular flexibility index (Phi) is 5.90. The Bertz CT molecular complexity index is 696. The number of carbonyl (C=O) groups excluding carboxylic acids is 2. The van der Waals surface area contributed by atoms with Gasteiger partial charge in [0.1, 0.15) is 17.2 Å². The summed E-state index contributed by atoms with van der Waals surface area (Å²) in [5.41, 5.74) is 5.66. The third-order valence-electron chi connectivity index (χ3n) is 4.25. The van der Waals surface area contributed by atoms with Gasteiger partial charge in [0.15, 0.2) is 6.10 Å². The van der Waals surface area contributed by atoms with E-state index in [4.69, 9.17) is 20.6 Å². The molecule has 142 valence electrons. The van der Waals surface area contributed by atoms with Gasteiger partial charge in [0.25, 0.3) is 0 Å². The number of nitrogens with two attached hydrogens (primary N) is 1. The second-order valence-electron chi connectivity index (χ2n) is 7.60. The van der Waals surface area contributed by atoms with Crippen molar-refractivity contribution in [3.63, 3.8) is 0 Å². The zero-order valence-electron chi connectivity index (χ0n) is 15.7. The van der Waals surface area contributed by atoms with Gasteiger partial charge in [0.2, 0.25) is 5.91 Å². The number of nitrogens with one attached hydrogen (secondary N) is 2. The molecule has 0 bridgehead atoms. The smallest absolute Gasteiger partial charge is 0.413 e. The molecule has 1 heterocycles. The lowest BCUT2D eigenvalue weighted by molar-refractivity contribution is -0.121. The molecular formula is C19H27N3O4. The summed E-state index contributed by atoms with van der Waals surface area (Å²) in [6.07, 6.45) is -0.135. The number of primary amides is 1. The van der Waals surface area contributed by atoms with Crippen molar-refractivity contribution >= 4 is 17.8 Å². The maximum atomic E-state index is 12.0. The Morgan fingerprint density at radius 3 is 2.62 bits per heavy atom. The molecular weight excluding hydrogens is 334 g/mol. The molecule has 3 atom stereocenters. The van der Waals surface area contributed by atoms with E-state index >= 15 is 0 Å². The van der Waals surface area contributed by atoms with Gasteiger partial charge in [-0.1, -0.05) is 25.1 Å². The van der Waals surface area contributed by atoms with Crippen molar-refractivity contribution in [3.8, 4) is 5.75 Å². The highest BCUT2D eigenvalue weighted by molar-refractivity contribution is 5.97. The molecule has 7 heteroatoms. The summed E-state index contributed by atoms with van der Waals surface area (Å²) in [6.45, 7) is 7.05. The van der Waals surface area contributed by atoms with Crippen LogP contribution in [0.2, 0.25) is 0 Å². The van der Waals surface area contributed by atoms with E-state index in [1.807, 2.05) is 24.3 Å². The average molecular weight is 361 g/mol. The number of rotatable bonds is 5. The number of para-hydroxylation sites is 1. The van der Waals surface area contributed by atoms with E-state index in [1.54, 1.807) is 27.7 Å². The van der Waals surface area contributed by atoms with Crippen LogP contribution in [0.1, 0.15) is 52.0 Å². The van der Waals surface area contributed by atoms with Crippen LogP contribution in [0, 0.1) is 11.3 Å². The summed E-state index contributed by atoms with van der Waals surface area (Å²) < 4.78 is 11.1. The molecule has 7 nitrogen and oxygen atoms in total. The van der Waals surface area contributed by atoms with Crippen molar-refractivity contribution in [3.05, 3.63) is 29.8 Å². The van der Waals surface area contributed by atoms with Crippen molar-refractivity contribution in [2.45, 2.75) is 58.2 Å². The lowest BCUT2D eigenvalue weighted by Gasteiger charge is -2.23. The molecule has 3 unspecified atom stereocenters. The van der Waals surface area contributed by atoms with E-state index in [2.05, 4.69) is 5.32 Å². The van der Waals surface area contributed by atoms with Gasteiger partial charge in [-0.05, 0) is 39.7 Å². The molecule has 1 aliphatic heterocycles. The minimum absolute atomic E-state index is 0.0628. The molecule has 0 saturated carbocycles. The largest absolute Gasteiger partial charge is 0.482 e. The minimum Gasteiger partial charge on any atom is -0.482 e. The highest BCUT2D eigenvalue weighted by Crippen LogP contribution is 2.41. The summed E-state index contributed by atoms with van der Waals surface area (Å²) >= 11 is 0. The number of ether oxygens (including phenoxy) is 2. The Morgan fingerprint density at radius 1 is 1.35 bits per heavy atom. The fourth-order valence-corrected chi connectivity index (χ4v) is 2.90. The Balaban J connectivity index is 2.11. The fourth-order valence-electron chi connectivity index (χ4n) is 2.90. The van der Waals surface area contributed by atoms with Gasteiger partial charge < -0.3 is 15.2 Å². The molecule has 0 spiro atoms. The molecule has 2 rings (SSSR count). The molecule has 2 amide bonds. The number of benzene rings is 1. The molecule has 26 heavy (non-hydrogen) atoms. The van der Waals surface area contributed by atoms with E-state index in [1.165, 1.54) is 0 Å². The van der Waals surface area contributed by atoms with Crippen LogP contribution in [0.3, 0.4) is 0 Å². The maximum absolute atomic E-state index is 12.0. The number of alkyl carbamates (subject to hydrolysis) is 1. The fraction of sp³-hybridized carbons (Fsp3) is 0.526. The predicted molar refractivity (Wildman–Crippen MR) is 98.3 cm³/mol. The topological polar surface area (TPSA) is 114 Å². The van der Waals surface area contributed by atoms with E-state index in [0.717, 1.165) is 5.56 Å². The number of hydrogen-bond donors (Lipinski definition) is 3. The first-order valence-corrected chi connectivity index (χ1v) is 8.72. The summed E-state index contributed by atoms with van der Waals surface area (Å²) in [7, 11) is 0. The molecule has 0 aliphatic carbocycles. The van der Waals surface area contributed by atoms with E-state index in [0.29, 0.717) is 18.6 Å². The summed E-state index contributed by atoms with van der Waals surface area (Å²) in [4.78, 5) is 23.3. The number of amides is 2. The van der Waals surface area contributed by atoms with Gasteiger partial charge in [0, 0.05) is 17.4 Å². The first-order chi connectivity index (χ1) is 12.1. The first kappa shape index (κ1) is 19.8. The molecule has 1 aromatic carbocycles. The van der Waals surface area contributed by atoms with Crippen LogP contribution in [0.5, 0.6) is 5.75 Å². The molecule has 0 radical (unpaired) electrons. The zero-order valence-corrected chi connectivity index (χ0v) is 15.7. The van der Waals surface area contributed by atoms with E-state index in [9.17, 15) is 9.59 Å². The second kappa shape index (κ2) is 7.76. The molecule has 4 N–H and O–H groups in total. The van der Waals surface area contributed by atoms with Gasteiger partial charge in [-0.3, -0.25) is 15.5 Å². The normalized spacial score (nSPS) is 19.8. The monoisotopic (exact) mass is 361 g/mol. The number of amidine groups is 1. The number of carbonyl (C=O) groups is 2. The standard InChI is InChI=1S/C19H27N3O4/c1-11(17(21)23)9-10-13-12-7-5-6-8-14(12)25-15(13)16(20)22-18(24)26-19(2,3)4/h5-8,11,13,15H,9-10H2,1-4H3,(H2,21,23)(H2,20,22,24). The van der Waals surface area contributed by atoms with Crippen LogP contribution in [0.15, 0.2) is 24.3 Å². The van der Waals surface area contributed by atoms with Crippen molar-refractivity contribution in [2.24, 2.45) is 11.7 Å². The number of hydrogen-bond acceptors (Lipinski definition) is 5. The lowest BCUT2D eigenvalue weighted by atomic mass is 9.87. The average Bonchev–Trinajstić information content (AvgIpc) is 2.89. The van der Waals surface area contributed by atoms with Crippen molar-refractivity contribution < 1.29 is 19.1 Å². The van der Waals surface area contributed by atoms with Gasteiger partial charge in [-0.25, -0.2) is 4.79 Å². The lowest BCUT2D eigenvalue weighted by Crippen LogP contribution is -2.44. The Morgan fingerprint density at radius 2 is 2.00 bits per heavy atom. The quantitative estimate of drug-likeness (QED) is 0.552. The maximum Gasteiger partial charge on any atom is 0.413 e. The van der Waals surface area contributed by atoms with Crippen LogP contribution in [-0.4, -0.2) is 29.5 Å². The SMILES string of the molecule is CC(CCC1c2ccccc2OC1C(=N)NC(=O)OC(C)(C)C)C(N)=O. The highest BCUT2D eigenvalue weighted by atomic mass is 16.6. The van der Waals surface area contributed by atoms with Crippen molar-refractivity contribution in [2.75, 3.05) is 0 Å². The third kappa shape index (κ3) is 4.97. The predicted octanol–water partition coefficient (Wildman–Crippen LogP) is 2.93. The molecule has 1 aromatic rings. The van der Waals surface area contributed by atoms with Gasteiger partial charge >= 0.3 is 6.09 Å². The van der Waals surface area contributed by atoms with Crippen molar-refractivity contribution in [1.82, 2.24) is 5.32 Å². The van der Waals surface area contributed by atoms with Gasteiger partial charge in [-0.2, -0.15) is 0 Å². The number of fused-ring (bicyclic) bond motifs is 1. The van der Waals surface area contributed by atoms with Crippen LogP contribution in [0.4, 0.5) is 4.79 Å². The molecule has 0 fully saturated rings. The Hall–Kier alpha value is -2.57. The summed E-state index contributed by atoms with van der Waals surface area (Å²) in [6, 6.07) is 7.53. The summed E-state index contributed by atoms with van der Waals surface area (Å²) in [5, 5.41) is 10.7.